The molecule has 0 atom stereocenters. The summed E-state index contributed by atoms with van der Waals surface area (Å²) in [6.45, 7) is 3.76. The van der Waals surface area contributed by atoms with E-state index in [-0.39, 0.29) is 23.7 Å². The summed E-state index contributed by atoms with van der Waals surface area (Å²) in [7, 11) is 1.50. The zero-order valence-corrected chi connectivity index (χ0v) is 16.5. The number of nitrogen functional groups attached to an aromatic ring is 1. The molecule has 0 saturated heterocycles. The predicted molar refractivity (Wildman–Crippen MR) is 110 cm³/mol. The number of aromatic nitrogens is 2. The van der Waals surface area contributed by atoms with Gasteiger partial charge in [-0.25, -0.2) is 4.79 Å². The van der Waals surface area contributed by atoms with Crippen molar-refractivity contribution < 1.29 is 9.72 Å². The topological polar surface area (TPSA) is 156 Å². The first-order chi connectivity index (χ1) is 13.6. The second kappa shape index (κ2) is 9.04. The highest BCUT2D eigenvalue weighted by Crippen LogP contribution is 2.22. The summed E-state index contributed by atoms with van der Waals surface area (Å²) >= 11 is 0. The SMILES string of the molecule is CCCCn1c(N)c(N(C)CC(=O)Nc2cc([N+](=O)[O-])ccc2C)c(=O)[nH]c1=O. The van der Waals surface area contributed by atoms with Crippen LogP contribution in [0.2, 0.25) is 0 Å². The number of carbonyl (C=O) groups excluding carboxylic acids is 1. The molecule has 1 heterocycles. The van der Waals surface area contributed by atoms with Gasteiger partial charge in [0.2, 0.25) is 5.91 Å². The summed E-state index contributed by atoms with van der Waals surface area (Å²) in [6, 6.07) is 4.14. The standard InChI is InChI=1S/C18H24N6O5/c1-4-5-8-23-16(19)15(17(26)21-18(23)27)22(3)10-14(25)20-13-9-12(24(28)29)7-6-11(13)2/h6-7,9H,4-5,8,10,19H2,1-3H3,(H,20,25)(H,21,26,27). The summed E-state index contributed by atoms with van der Waals surface area (Å²) in [6.07, 6.45) is 1.53. The molecule has 11 heteroatoms. The molecule has 2 aromatic rings. The van der Waals surface area contributed by atoms with E-state index in [1.165, 1.54) is 34.7 Å². The second-order valence-corrected chi connectivity index (χ2v) is 6.66. The van der Waals surface area contributed by atoms with Crippen molar-refractivity contribution in [2.75, 3.05) is 29.5 Å². The molecule has 1 amide bonds. The normalized spacial score (nSPS) is 10.6. The van der Waals surface area contributed by atoms with E-state index < -0.39 is 22.1 Å². The number of likely N-dealkylation sites (N-methyl/N-ethyl adjacent to an activating group) is 1. The van der Waals surface area contributed by atoms with Crippen LogP contribution in [0.4, 0.5) is 22.9 Å². The van der Waals surface area contributed by atoms with Crippen LogP contribution in [0.25, 0.3) is 0 Å². The van der Waals surface area contributed by atoms with Gasteiger partial charge in [0.05, 0.1) is 17.2 Å². The molecule has 29 heavy (non-hydrogen) atoms. The first kappa shape index (κ1) is 21.7. The van der Waals surface area contributed by atoms with Crippen molar-refractivity contribution in [1.29, 1.82) is 0 Å². The van der Waals surface area contributed by atoms with Gasteiger partial charge in [0.15, 0.2) is 0 Å². The van der Waals surface area contributed by atoms with Crippen LogP contribution in [0.1, 0.15) is 25.3 Å². The van der Waals surface area contributed by atoms with Crippen molar-refractivity contribution in [2.24, 2.45) is 0 Å². The number of nitrogens with zero attached hydrogens (tertiary/aromatic N) is 3. The van der Waals surface area contributed by atoms with Crippen LogP contribution < -0.4 is 27.2 Å². The molecule has 0 aliphatic carbocycles. The first-order valence-electron chi connectivity index (χ1n) is 9.04. The fourth-order valence-corrected chi connectivity index (χ4v) is 2.83. The number of amides is 1. The Morgan fingerprint density at radius 3 is 2.69 bits per heavy atom. The van der Waals surface area contributed by atoms with Gasteiger partial charge in [0, 0.05) is 25.7 Å². The van der Waals surface area contributed by atoms with E-state index in [2.05, 4.69) is 10.3 Å². The van der Waals surface area contributed by atoms with E-state index >= 15 is 0 Å². The quantitative estimate of drug-likeness (QED) is 0.441. The lowest BCUT2D eigenvalue weighted by atomic mass is 10.2. The minimum absolute atomic E-state index is 0.00613. The molecule has 4 N–H and O–H groups in total. The number of nitrogens with two attached hydrogens (primary N) is 1. The molecular weight excluding hydrogens is 380 g/mol. The third-order valence-corrected chi connectivity index (χ3v) is 4.42. The zero-order chi connectivity index (χ0) is 21.7. The van der Waals surface area contributed by atoms with Gasteiger partial charge in [-0.3, -0.25) is 29.3 Å². The van der Waals surface area contributed by atoms with Gasteiger partial charge in [-0.05, 0) is 18.9 Å². The summed E-state index contributed by atoms with van der Waals surface area (Å²) < 4.78 is 1.26. The number of unbranched alkanes of at least 4 members (excludes halogenated alkanes) is 1. The number of nitro groups is 1. The van der Waals surface area contributed by atoms with Crippen LogP contribution in [0.5, 0.6) is 0 Å². The smallest absolute Gasteiger partial charge is 0.330 e. The minimum atomic E-state index is -0.693. The van der Waals surface area contributed by atoms with Gasteiger partial charge in [0.25, 0.3) is 11.2 Å². The number of non-ortho nitro benzene ring substituents is 1. The third kappa shape index (κ3) is 5.00. The number of benzene rings is 1. The maximum Gasteiger partial charge on any atom is 0.330 e. The summed E-state index contributed by atoms with van der Waals surface area (Å²) in [5, 5.41) is 13.5. The number of carbonyl (C=O) groups is 1. The van der Waals surface area contributed by atoms with Gasteiger partial charge in [-0.15, -0.1) is 0 Å². The highest BCUT2D eigenvalue weighted by Gasteiger charge is 2.19. The van der Waals surface area contributed by atoms with Crippen LogP contribution in [0, 0.1) is 17.0 Å². The molecule has 0 bridgehead atoms. The molecule has 1 aromatic carbocycles. The molecule has 0 radical (unpaired) electrons. The van der Waals surface area contributed by atoms with E-state index in [0.717, 1.165) is 6.42 Å². The lowest BCUT2D eigenvalue weighted by molar-refractivity contribution is -0.384. The number of nitrogens with one attached hydrogen (secondary N) is 2. The van der Waals surface area contributed by atoms with Crippen LogP contribution in [0.15, 0.2) is 27.8 Å². The summed E-state index contributed by atoms with van der Waals surface area (Å²) in [5.41, 5.74) is 5.54. The molecule has 0 spiro atoms. The van der Waals surface area contributed by atoms with E-state index in [1.807, 2.05) is 6.92 Å². The Kier molecular flexibility index (Phi) is 6.75. The van der Waals surface area contributed by atoms with Crippen LogP contribution in [0.3, 0.4) is 0 Å². The Labute approximate surface area is 166 Å². The molecule has 2 rings (SSSR count). The Hall–Kier alpha value is -3.63. The molecule has 0 aliphatic rings. The second-order valence-electron chi connectivity index (χ2n) is 6.66. The molecular formula is C18H24N6O5. The number of aromatic amines is 1. The highest BCUT2D eigenvalue weighted by atomic mass is 16.6. The Morgan fingerprint density at radius 2 is 2.07 bits per heavy atom. The Morgan fingerprint density at radius 1 is 1.38 bits per heavy atom. The Balaban J connectivity index is 2.24. The monoisotopic (exact) mass is 404 g/mol. The van der Waals surface area contributed by atoms with E-state index in [4.69, 9.17) is 5.73 Å². The van der Waals surface area contributed by atoms with E-state index in [1.54, 1.807) is 6.92 Å². The highest BCUT2D eigenvalue weighted by molar-refractivity contribution is 5.95. The van der Waals surface area contributed by atoms with Gasteiger partial charge < -0.3 is 16.0 Å². The lowest BCUT2D eigenvalue weighted by Gasteiger charge is -2.21. The molecule has 0 saturated carbocycles. The minimum Gasteiger partial charge on any atom is -0.383 e. The van der Waals surface area contributed by atoms with Crippen molar-refractivity contribution in [3.63, 3.8) is 0 Å². The van der Waals surface area contributed by atoms with Crippen molar-refractivity contribution in [3.8, 4) is 0 Å². The molecule has 0 aliphatic heterocycles. The van der Waals surface area contributed by atoms with Gasteiger partial charge >= 0.3 is 5.69 Å². The maximum atomic E-state index is 12.4. The molecule has 0 fully saturated rings. The number of H-pyrrole nitrogens is 1. The fourth-order valence-electron chi connectivity index (χ4n) is 2.83. The number of hydrogen-bond acceptors (Lipinski definition) is 7. The zero-order valence-electron chi connectivity index (χ0n) is 16.5. The van der Waals surface area contributed by atoms with Crippen LogP contribution in [-0.4, -0.2) is 34.0 Å². The van der Waals surface area contributed by atoms with Crippen molar-refractivity contribution in [1.82, 2.24) is 9.55 Å². The number of aryl methyl sites for hydroxylation is 1. The molecule has 0 unspecified atom stereocenters. The Bertz CT molecular complexity index is 1040. The molecule has 156 valence electrons. The number of anilines is 3. The number of rotatable bonds is 8. The molecule has 11 nitrogen and oxygen atoms in total. The average Bonchev–Trinajstić information content (AvgIpc) is 2.62. The average molecular weight is 404 g/mol. The maximum absolute atomic E-state index is 12.4. The van der Waals surface area contributed by atoms with Gasteiger partial charge in [0.1, 0.15) is 11.5 Å². The van der Waals surface area contributed by atoms with Gasteiger partial charge in [-0.1, -0.05) is 19.4 Å². The van der Waals surface area contributed by atoms with Crippen molar-refractivity contribution in [3.05, 3.63) is 54.7 Å². The number of hydrogen-bond donors (Lipinski definition) is 3. The predicted octanol–water partition coefficient (Wildman–Crippen LogP) is 1.21. The van der Waals surface area contributed by atoms with E-state index in [0.29, 0.717) is 24.2 Å². The largest absolute Gasteiger partial charge is 0.383 e. The first-order valence-corrected chi connectivity index (χ1v) is 9.04. The van der Waals surface area contributed by atoms with Crippen molar-refractivity contribution in [2.45, 2.75) is 33.2 Å². The summed E-state index contributed by atoms with van der Waals surface area (Å²) in [4.78, 5) is 50.6. The van der Waals surface area contributed by atoms with E-state index in [9.17, 15) is 24.5 Å². The van der Waals surface area contributed by atoms with Crippen LogP contribution in [-0.2, 0) is 11.3 Å². The van der Waals surface area contributed by atoms with Gasteiger partial charge in [-0.2, -0.15) is 0 Å². The summed E-state index contributed by atoms with van der Waals surface area (Å²) in [5.74, 6) is -0.518. The lowest BCUT2D eigenvalue weighted by Crippen LogP contribution is -2.39. The number of nitro benzene ring substituents is 1. The molecule has 1 aromatic heterocycles. The van der Waals surface area contributed by atoms with Crippen LogP contribution >= 0.6 is 0 Å². The van der Waals surface area contributed by atoms with Crippen molar-refractivity contribution >= 4 is 28.8 Å². The third-order valence-electron chi connectivity index (χ3n) is 4.42. The fraction of sp³-hybridized carbons (Fsp3) is 0.389.